The second kappa shape index (κ2) is 8.03. The van der Waals surface area contributed by atoms with Crippen LogP contribution in [0.3, 0.4) is 0 Å². The summed E-state index contributed by atoms with van der Waals surface area (Å²) in [5.41, 5.74) is -1.19. The molecule has 100 valence electrons. The number of nitrogens with one attached hydrogen (secondary N) is 1. The maximum atomic E-state index is 11.5. The van der Waals surface area contributed by atoms with Crippen molar-refractivity contribution in [3.8, 4) is 0 Å². The normalized spacial score (nSPS) is 11.2. The van der Waals surface area contributed by atoms with Crippen molar-refractivity contribution in [2.24, 2.45) is 0 Å². The third kappa shape index (κ3) is 5.14. The Morgan fingerprint density at radius 2 is 1.82 bits per heavy atom. The lowest BCUT2D eigenvalue weighted by Crippen LogP contribution is -2.54. The van der Waals surface area contributed by atoms with Crippen molar-refractivity contribution >= 4 is 11.9 Å². The van der Waals surface area contributed by atoms with Gasteiger partial charge in [0.15, 0.2) is 0 Å². The zero-order chi connectivity index (χ0) is 13.3. The molecular weight excluding hydrogens is 226 g/mol. The average Bonchev–Trinajstić information content (AvgIpc) is 2.31. The molecule has 0 radical (unpaired) electrons. The van der Waals surface area contributed by atoms with Crippen molar-refractivity contribution in [1.29, 1.82) is 0 Å². The molecule has 0 rings (SSSR count). The van der Waals surface area contributed by atoms with Gasteiger partial charge in [0, 0.05) is 7.11 Å². The van der Waals surface area contributed by atoms with Gasteiger partial charge in [0.1, 0.15) is 12.1 Å². The second-order valence-electron chi connectivity index (χ2n) is 3.69. The Labute approximate surface area is 101 Å². The fraction of sp³-hybridized carbons (Fsp3) is 0.818. The van der Waals surface area contributed by atoms with E-state index < -0.39 is 17.4 Å². The fourth-order valence-electron chi connectivity index (χ4n) is 1.39. The number of aliphatic carboxylic acids is 1. The number of carbonyl (C=O) groups is 2. The van der Waals surface area contributed by atoms with Gasteiger partial charge in [-0.2, -0.15) is 0 Å². The third-order valence-corrected chi connectivity index (χ3v) is 2.66. The molecule has 0 fully saturated rings. The average molecular weight is 247 g/mol. The van der Waals surface area contributed by atoms with Crippen molar-refractivity contribution in [2.45, 2.75) is 32.2 Å². The maximum Gasteiger partial charge on any atom is 0.329 e. The van der Waals surface area contributed by atoms with Crippen LogP contribution in [0, 0.1) is 0 Å². The quantitative estimate of drug-likeness (QED) is 0.576. The summed E-state index contributed by atoms with van der Waals surface area (Å²) in [7, 11) is 1.53. The lowest BCUT2D eigenvalue weighted by molar-refractivity contribution is -0.148. The van der Waals surface area contributed by atoms with Crippen LogP contribution in [0.4, 0.5) is 0 Å². The standard InChI is InChI=1S/C11H21NO5/c1-4-11(5-2,10(14)15)12-9(13)8-17-7-6-16-3/h4-8H2,1-3H3,(H,12,13)(H,14,15). The van der Waals surface area contributed by atoms with Gasteiger partial charge in [-0.15, -0.1) is 0 Å². The topological polar surface area (TPSA) is 84.9 Å². The van der Waals surface area contributed by atoms with E-state index in [1.54, 1.807) is 13.8 Å². The van der Waals surface area contributed by atoms with Gasteiger partial charge in [0.25, 0.3) is 0 Å². The zero-order valence-electron chi connectivity index (χ0n) is 10.6. The van der Waals surface area contributed by atoms with E-state index in [1.165, 1.54) is 7.11 Å². The molecule has 0 aliphatic heterocycles. The molecule has 0 aliphatic carbocycles. The van der Waals surface area contributed by atoms with Gasteiger partial charge in [0.05, 0.1) is 13.2 Å². The van der Waals surface area contributed by atoms with Crippen LogP contribution in [-0.2, 0) is 19.1 Å². The van der Waals surface area contributed by atoms with Crippen molar-refractivity contribution in [2.75, 3.05) is 26.9 Å². The predicted molar refractivity (Wildman–Crippen MR) is 61.8 cm³/mol. The predicted octanol–water partition coefficient (Wildman–Crippen LogP) is 0.409. The molecule has 0 atom stereocenters. The minimum absolute atomic E-state index is 0.154. The number of methoxy groups -OCH3 is 1. The fourth-order valence-corrected chi connectivity index (χ4v) is 1.39. The zero-order valence-corrected chi connectivity index (χ0v) is 10.6. The van der Waals surface area contributed by atoms with Gasteiger partial charge < -0.3 is 19.9 Å². The summed E-state index contributed by atoms with van der Waals surface area (Å²) >= 11 is 0. The number of amides is 1. The van der Waals surface area contributed by atoms with Crippen LogP contribution in [0.2, 0.25) is 0 Å². The highest BCUT2D eigenvalue weighted by Crippen LogP contribution is 2.15. The van der Waals surface area contributed by atoms with E-state index in [4.69, 9.17) is 14.6 Å². The molecule has 0 unspecified atom stereocenters. The highest BCUT2D eigenvalue weighted by molar-refractivity contribution is 5.87. The van der Waals surface area contributed by atoms with E-state index in [2.05, 4.69) is 5.32 Å². The molecular formula is C11H21NO5. The monoisotopic (exact) mass is 247 g/mol. The number of carboxylic acid groups (broad SMARTS) is 1. The number of carboxylic acids is 1. The molecule has 0 saturated heterocycles. The van der Waals surface area contributed by atoms with Gasteiger partial charge in [-0.25, -0.2) is 4.79 Å². The largest absolute Gasteiger partial charge is 0.480 e. The van der Waals surface area contributed by atoms with Gasteiger partial charge in [-0.05, 0) is 12.8 Å². The van der Waals surface area contributed by atoms with E-state index >= 15 is 0 Å². The molecule has 0 bridgehead atoms. The van der Waals surface area contributed by atoms with Crippen LogP contribution in [0.5, 0.6) is 0 Å². The molecule has 2 N–H and O–H groups in total. The molecule has 6 nitrogen and oxygen atoms in total. The Morgan fingerprint density at radius 1 is 1.24 bits per heavy atom. The van der Waals surface area contributed by atoms with Crippen LogP contribution in [-0.4, -0.2) is 49.5 Å². The van der Waals surface area contributed by atoms with Crippen LogP contribution in [0.1, 0.15) is 26.7 Å². The lowest BCUT2D eigenvalue weighted by Gasteiger charge is -2.27. The Bertz CT molecular complexity index is 250. The molecule has 0 spiro atoms. The van der Waals surface area contributed by atoms with E-state index in [0.29, 0.717) is 26.1 Å². The van der Waals surface area contributed by atoms with Gasteiger partial charge in [-0.3, -0.25) is 4.79 Å². The third-order valence-electron chi connectivity index (χ3n) is 2.66. The van der Waals surface area contributed by atoms with Gasteiger partial charge >= 0.3 is 5.97 Å². The summed E-state index contributed by atoms with van der Waals surface area (Å²) in [6.45, 7) is 4.01. The summed E-state index contributed by atoms with van der Waals surface area (Å²) in [5, 5.41) is 11.6. The molecule has 17 heavy (non-hydrogen) atoms. The van der Waals surface area contributed by atoms with Crippen LogP contribution < -0.4 is 5.32 Å². The number of carbonyl (C=O) groups excluding carboxylic acids is 1. The second-order valence-corrected chi connectivity index (χ2v) is 3.69. The summed E-state index contributed by atoms with van der Waals surface area (Å²) in [5.74, 6) is -1.44. The highest BCUT2D eigenvalue weighted by atomic mass is 16.5. The summed E-state index contributed by atoms with van der Waals surface area (Å²) in [6.07, 6.45) is 0.672. The molecule has 0 aromatic rings. The number of hydrogen-bond donors (Lipinski definition) is 2. The number of rotatable bonds is 9. The number of hydrogen-bond acceptors (Lipinski definition) is 4. The molecule has 0 heterocycles. The smallest absolute Gasteiger partial charge is 0.329 e. The summed E-state index contributed by atoms with van der Waals surface area (Å²) in [4.78, 5) is 22.6. The van der Waals surface area contributed by atoms with Crippen molar-refractivity contribution in [1.82, 2.24) is 5.32 Å². The number of ether oxygens (including phenoxy) is 2. The van der Waals surface area contributed by atoms with E-state index in [0.717, 1.165) is 0 Å². The molecule has 0 aromatic carbocycles. The molecule has 0 aliphatic rings. The minimum Gasteiger partial charge on any atom is -0.480 e. The first kappa shape index (κ1) is 15.9. The van der Waals surface area contributed by atoms with Gasteiger partial charge in [-0.1, -0.05) is 13.8 Å². The van der Waals surface area contributed by atoms with E-state index in [-0.39, 0.29) is 6.61 Å². The Morgan fingerprint density at radius 3 is 2.24 bits per heavy atom. The van der Waals surface area contributed by atoms with Crippen LogP contribution in [0.15, 0.2) is 0 Å². The van der Waals surface area contributed by atoms with Crippen LogP contribution >= 0.6 is 0 Å². The summed E-state index contributed by atoms with van der Waals surface area (Å²) < 4.78 is 9.77. The first-order valence-electron chi connectivity index (χ1n) is 5.63. The lowest BCUT2D eigenvalue weighted by atomic mass is 9.93. The SMILES string of the molecule is CCC(CC)(NC(=O)COCCOC)C(=O)O. The minimum atomic E-state index is -1.19. The van der Waals surface area contributed by atoms with Gasteiger partial charge in [0.2, 0.25) is 5.91 Å². The van der Waals surface area contributed by atoms with Crippen molar-refractivity contribution < 1.29 is 24.2 Å². The van der Waals surface area contributed by atoms with E-state index in [1.807, 2.05) is 0 Å². The molecule has 1 amide bonds. The van der Waals surface area contributed by atoms with E-state index in [9.17, 15) is 9.59 Å². The Kier molecular flexibility index (Phi) is 7.49. The van der Waals surface area contributed by atoms with Crippen LogP contribution in [0.25, 0.3) is 0 Å². The van der Waals surface area contributed by atoms with Crippen molar-refractivity contribution in [3.05, 3.63) is 0 Å². The summed E-state index contributed by atoms with van der Waals surface area (Å²) in [6, 6.07) is 0. The Balaban J connectivity index is 4.18. The molecule has 0 saturated carbocycles. The van der Waals surface area contributed by atoms with Crippen molar-refractivity contribution in [3.63, 3.8) is 0 Å². The molecule has 0 aromatic heterocycles. The highest BCUT2D eigenvalue weighted by Gasteiger charge is 2.36. The maximum absolute atomic E-state index is 11.5. The Hall–Kier alpha value is -1.14. The first-order valence-corrected chi connectivity index (χ1v) is 5.63. The molecule has 6 heteroatoms. The first-order chi connectivity index (χ1) is 8.02.